The Hall–Kier alpha value is -1.71. The SMILES string of the molecule is CC[C@H](Oc1ccc(OC)cc1)C(=O)N1CCC[C@H](C)C1. The van der Waals surface area contributed by atoms with Gasteiger partial charge in [-0.3, -0.25) is 4.79 Å². The van der Waals surface area contributed by atoms with Crippen molar-refractivity contribution in [2.75, 3.05) is 20.2 Å². The summed E-state index contributed by atoms with van der Waals surface area (Å²) in [5.74, 6) is 2.19. The monoisotopic (exact) mass is 291 g/mol. The third-order valence-electron chi connectivity index (χ3n) is 3.95. The predicted molar refractivity (Wildman–Crippen MR) is 82.7 cm³/mol. The van der Waals surface area contributed by atoms with E-state index in [1.807, 2.05) is 36.1 Å². The molecular formula is C17H25NO3. The molecule has 116 valence electrons. The Bertz CT molecular complexity index is 458. The largest absolute Gasteiger partial charge is 0.497 e. The third-order valence-corrected chi connectivity index (χ3v) is 3.95. The normalized spacial score (nSPS) is 20.0. The van der Waals surface area contributed by atoms with Gasteiger partial charge in [0.1, 0.15) is 11.5 Å². The molecule has 0 aliphatic carbocycles. The molecule has 1 saturated heterocycles. The van der Waals surface area contributed by atoms with Gasteiger partial charge in [-0.05, 0) is 49.4 Å². The summed E-state index contributed by atoms with van der Waals surface area (Å²) in [6.45, 7) is 5.89. The van der Waals surface area contributed by atoms with Crippen LogP contribution in [0.5, 0.6) is 11.5 Å². The van der Waals surface area contributed by atoms with E-state index in [-0.39, 0.29) is 5.91 Å². The van der Waals surface area contributed by atoms with Crippen molar-refractivity contribution >= 4 is 5.91 Å². The summed E-state index contributed by atoms with van der Waals surface area (Å²) in [5.41, 5.74) is 0. The molecule has 0 bridgehead atoms. The zero-order valence-corrected chi connectivity index (χ0v) is 13.2. The zero-order chi connectivity index (χ0) is 15.2. The van der Waals surface area contributed by atoms with Crippen LogP contribution in [-0.4, -0.2) is 37.1 Å². The number of hydrogen-bond acceptors (Lipinski definition) is 3. The van der Waals surface area contributed by atoms with Gasteiger partial charge in [-0.1, -0.05) is 13.8 Å². The molecule has 0 radical (unpaired) electrons. The number of hydrogen-bond donors (Lipinski definition) is 0. The van der Waals surface area contributed by atoms with Crippen molar-refractivity contribution in [3.63, 3.8) is 0 Å². The molecule has 0 spiro atoms. The molecule has 4 nitrogen and oxygen atoms in total. The topological polar surface area (TPSA) is 38.8 Å². The molecule has 0 N–H and O–H groups in total. The Balaban J connectivity index is 1.99. The van der Waals surface area contributed by atoms with Crippen LogP contribution >= 0.6 is 0 Å². The van der Waals surface area contributed by atoms with Crippen molar-refractivity contribution in [2.45, 2.75) is 39.2 Å². The van der Waals surface area contributed by atoms with Crippen molar-refractivity contribution in [3.8, 4) is 11.5 Å². The van der Waals surface area contributed by atoms with Gasteiger partial charge in [-0.15, -0.1) is 0 Å². The van der Waals surface area contributed by atoms with Crippen molar-refractivity contribution in [1.29, 1.82) is 0 Å². The Kier molecular flexibility index (Phi) is 5.48. The van der Waals surface area contributed by atoms with E-state index in [0.717, 1.165) is 25.3 Å². The summed E-state index contributed by atoms with van der Waals surface area (Å²) in [5, 5.41) is 0. The zero-order valence-electron chi connectivity index (χ0n) is 13.2. The van der Waals surface area contributed by atoms with E-state index in [1.165, 1.54) is 6.42 Å². The van der Waals surface area contributed by atoms with Gasteiger partial charge in [-0.2, -0.15) is 0 Å². The number of methoxy groups -OCH3 is 1. The van der Waals surface area contributed by atoms with E-state index < -0.39 is 6.10 Å². The maximum atomic E-state index is 12.6. The summed E-state index contributed by atoms with van der Waals surface area (Å²) in [6, 6.07) is 7.37. The maximum absolute atomic E-state index is 12.6. The van der Waals surface area contributed by atoms with Crippen LogP contribution in [0.25, 0.3) is 0 Å². The second kappa shape index (κ2) is 7.34. The smallest absolute Gasteiger partial charge is 0.263 e. The van der Waals surface area contributed by atoms with Gasteiger partial charge in [0.15, 0.2) is 6.10 Å². The lowest BCUT2D eigenvalue weighted by Gasteiger charge is -2.33. The highest BCUT2D eigenvalue weighted by molar-refractivity contribution is 5.81. The number of likely N-dealkylation sites (tertiary alicyclic amines) is 1. The standard InChI is InChI=1S/C17H25NO3/c1-4-16(17(19)18-11-5-6-13(2)12-18)21-15-9-7-14(20-3)8-10-15/h7-10,13,16H,4-6,11-12H2,1-3H3/t13-,16-/m0/s1. The molecule has 2 rings (SSSR count). The van der Waals surface area contributed by atoms with E-state index in [4.69, 9.17) is 9.47 Å². The first kappa shape index (κ1) is 15.7. The summed E-state index contributed by atoms with van der Waals surface area (Å²) in [4.78, 5) is 14.5. The van der Waals surface area contributed by atoms with Gasteiger partial charge >= 0.3 is 0 Å². The lowest BCUT2D eigenvalue weighted by molar-refractivity contribution is -0.140. The second-order valence-corrected chi connectivity index (χ2v) is 5.72. The Labute approximate surface area is 127 Å². The quantitative estimate of drug-likeness (QED) is 0.836. The molecule has 1 aromatic rings. The van der Waals surface area contributed by atoms with Crippen molar-refractivity contribution in [1.82, 2.24) is 4.90 Å². The van der Waals surface area contributed by atoms with Gasteiger partial charge in [0.2, 0.25) is 0 Å². The average molecular weight is 291 g/mol. The van der Waals surface area contributed by atoms with E-state index in [9.17, 15) is 4.79 Å². The van der Waals surface area contributed by atoms with Crippen LogP contribution < -0.4 is 9.47 Å². The highest BCUT2D eigenvalue weighted by atomic mass is 16.5. The van der Waals surface area contributed by atoms with Crippen LogP contribution in [0.2, 0.25) is 0 Å². The number of carbonyl (C=O) groups is 1. The van der Waals surface area contributed by atoms with E-state index in [0.29, 0.717) is 18.1 Å². The second-order valence-electron chi connectivity index (χ2n) is 5.72. The van der Waals surface area contributed by atoms with Gasteiger partial charge in [0.25, 0.3) is 5.91 Å². The first-order valence-electron chi connectivity index (χ1n) is 7.73. The first-order chi connectivity index (χ1) is 10.1. The van der Waals surface area contributed by atoms with Gasteiger partial charge in [0, 0.05) is 13.1 Å². The van der Waals surface area contributed by atoms with E-state index >= 15 is 0 Å². The Morgan fingerprint density at radius 1 is 1.33 bits per heavy atom. The molecule has 0 aromatic heterocycles. The average Bonchev–Trinajstić information content (AvgIpc) is 2.52. The molecule has 0 unspecified atom stereocenters. The highest BCUT2D eigenvalue weighted by Gasteiger charge is 2.27. The lowest BCUT2D eigenvalue weighted by Crippen LogP contribution is -2.46. The van der Waals surface area contributed by atoms with Crippen LogP contribution in [0.1, 0.15) is 33.1 Å². The molecule has 1 heterocycles. The van der Waals surface area contributed by atoms with Crippen LogP contribution in [-0.2, 0) is 4.79 Å². The number of amides is 1. The minimum atomic E-state index is -0.399. The minimum Gasteiger partial charge on any atom is -0.497 e. The summed E-state index contributed by atoms with van der Waals surface area (Å²) < 4.78 is 11.0. The Morgan fingerprint density at radius 2 is 2.00 bits per heavy atom. The fraction of sp³-hybridized carbons (Fsp3) is 0.588. The highest BCUT2D eigenvalue weighted by Crippen LogP contribution is 2.21. The Morgan fingerprint density at radius 3 is 2.57 bits per heavy atom. The molecule has 2 atom stereocenters. The molecule has 1 aliphatic heterocycles. The third kappa shape index (κ3) is 4.13. The van der Waals surface area contributed by atoms with Gasteiger partial charge in [0.05, 0.1) is 7.11 Å². The van der Waals surface area contributed by atoms with E-state index in [2.05, 4.69) is 6.92 Å². The van der Waals surface area contributed by atoms with Crippen LogP contribution in [0, 0.1) is 5.92 Å². The molecule has 1 amide bonds. The van der Waals surface area contributed by atoms with Crippen molar-refractivity contribution in [2.24, 2.45) is 5.92 Å². The molecule has 1 aromatic carbocycles. The fourth-order valence-corrected chi connectivity index (χ4v) is 2.72. The maximum Gasteiger partial charge on any atom is 0.263 e. The molecule has 1 aliphatic rings. The molecular weight excluding hydrogens is 266 g/mol. The number of ether oxygens (including phenoxy) is 2. The van der Waals surface area contributed by atoms with Crippen molar-refractivity contribution < 1.29 is 14.3 Å². The van der Waals surface area contributed by atoms with Gasteiger partial charge < -0.3 is 14.4 Å². The van der Waals surface area contributed by atoms with Crippen LogP contribution in [0.4, 0.5) is 0 Å². The van der Waals surface area contributed by atoms with Crippen molar-refractivity contribution in [3.05, 3.63) is 24.3 Å². The minimum absolute atomic E-state index is 0.111. The summed E-state index contributed by atoms with van der Waals surface area (Å²) in [6.07, 6.45) is 2.57. The van der Waals surface area contributed by atoms with Gasteiger partial charge in [-0.25, -0.2) is 0 Å². The lowest BCUT2D eigenvalue weighted by atomic mass is 9.99. The molecule has 21 heavy (non-hydrogen) atoms. The summed E-state index contributed by atoms with van der Waals surface area (Å²) >= 11 is 0. The number of benzene rings is 1. The van der Waals surface area contributed by atoms with Crippen LogP contribution in [0.15, 0.2) is 24.3 Å². The number of piperidine rings is 1. The number of carbonyl (C=O) groups excluding carboxylic acids is 1. The van der Waals surface area contributed by atoms with Crippen LogP contribution in [0.3, 0.4) is 0 Å². The molecule has 0 saturated carbocycles. The summed E-state index contributed by atoms with van der Waals surface area (Å²) in [7, 11) is 1.63. The fourth-order valence-electron chi connectivity index (χ4n) is 2.72. The predicted octanol–water partition coefficient (Wildman–Crippen LogP) is 3.11. The molecule has 4 heteroatoms. The number of nitrogens with zero attached hydrogens (tertiary/aromatic N) is 1. The first-order valence-corrected chi connectivity index (χ1v) is 7.73. The molecule has 1 fully saturated rings. The van der Waals surface area contributed by atoms with E-state index in [1.54, 1.807) is 7.11 Å². The number of rotatable bonds is 5.